The number of hydrogen-bond acceptors (Lipinski definition) is 18. The summed E-state index contributed by atoms with van der Waals surface area (Å²) in [5, 5.41) is 39.5. The van der Waals surface area contributed by atoms with Gasteiger partial charge in [0.05, 0.1) is 132 Å². The monoisotopic (exact) mass is 1020 g/mol. The molecule has 0 aliphatic rings. The van der Waals surface area contributed by atoms with Gasteiger partial charge >= 0.3 is 23.9 Å². The number of carbonyl (C=O) groups is 7. The molecule has 0 fully saturated rings. The molecule has 0 spiro atoms. The highest BCUT2D eigenvalue weighted by Gasteiger charge is 2.25. The van der Waals surface area contributed by atoms with E-state index in [0.29, 0.717) is 171 Å². The Kier molecular flexibility index (Phi) is 46.5. The number of aliphatic carboxylic acids is 3. The number of carbonyl (C=O) groups excluding carboxylic acids is 4. The van der Waals surface area contributed by atoms with Crippen LogP contribution in [0.1, 0.15) is 64.2 Å². The van der Waals surface area contributed by atoms with Crippen molar-refractivity contribution in [2.75, 3.05) is 165 Å². The second kappa shape index (κ2) is 49.6. The maximum Gasteiger partial charge on any atom is 0.326 e. The quantitative estimate of drug-likeness (QED) is 0.0351. The third kappa shape index (κ3) is 47.3. The number of amides is 5. The van der Waals surface area contributed by atoms with E-state index in [-0.39, 0.29) is 37.7 Å². The van der Waals surface area contributed by atoms with Gasteiger partial charge < -0.3 is 94.0 Å². The molecule has 0 aliphatic heterocycles. The molecule has 0 bridgehead atoms. The molecule has 26 nitrogen and oxygen atoms in total. The molecule has 0 rings (SSSR count). The number of carboxylic acid groups (broad SMARTS) is 3. The molecule has 0 saturated heterocycles. The number of methoxy groups -OCH3 is 1. The van der Waals surface area contributed by atoms with Gasteiger partial charge in [-0.05, 0) is 25.7 Å². The fourth-order valence-corrected chi connectivity index (χ4v) is 5.55. The average molecular weight is 1020 g/mol. The van der Waals surface area contributed by atoms with Crippen LogP contribution in [-0.4, -0.2) is 235 Å². The topological polar surface area (TPSA) is 342 Å². The number of urea groups is 1. The first kappa shape index (κ1) is 65.7. The van der Waals surface area contributed by atoms with Crippen molar-refractivity contribution in [1.82, 2.24) is 26.6 Å². The van der Waals surface area contributed by atoms with Crippen LogP contribution in [0.5, 0.6) is 0 Å². The number of ether oxygens (including phenoxy) is 11. The molecule has 408 valence electrons. The standard InChI is InChI=1S/C44H81N5O21/c1-60-35-40(52)47-14-16-62-18-20-64-22-24-66-26-28-68-30-32-70-34-33-69-31-29-67-27-25-65-23-21-63-19-17-61-15-13-46-38(50)7-5-3-2-4-6-12-45-39(51)10-8-36(42(55)56)48-44(59)49-37(43(57)58)9-11-41(53)54/h36-37H,2-35H2,1H3,(H,45,51)(H,46,50)(H,47,52)(H,53,54)(H,55,56)(H,57,58)(H2,48,49,59)/t36-,37-/m0/s1. The van der Waals surface area contributed by atoms with Gasteiger partial charge in [0.15, 0.2) is 0 Å². The fourth-order valence-electron chi connectivity index (χ4n) is 5.55. The Hall–Kier alpha value is -4.35. The highest BCUT2D eigenvalue weighted by Crippen LogP contribution is 2.06. The Bertz CT molecular complexity index is 1350. The van der Waals surface area contributed by atoms with Gasteiger partial charge in [-0.1, -0.05) is 19.3 Å². The van der Waals surface area contributed by atoms with Crippen molar-refractivity contribution in [3.05, 3.63) is 0 Å². The van der Waals surface area contributed by atoms with E-state index in [0.717, 1.165) is 19.3 Å². The lowest BCUT2D eigenvalue weighted by atomic mass is 10.1. The largest absolute Gasteiger partial charge is 0.481 e. The third-order valence-electron chi connectivity index (χ3n) is 9.18. The van der Waals surface area contributed by atoms with Crippen LogP contribution in [0.4, 0.5) is 4.79 Å². The highest BCUT2D eigenvalue weighted by molar-refractivity contribution is 5.86. The van der Waals surface area contributed by atoms with Crippen molar-refractivity contribution in [3.8, 4) is 0 Å². The minimum atomic E-state index is -1.53. The first-order chi connectivity index (χ1) is 34.0. The molecule has 2 atom stereocenters. The molecule has 26 heteroatoms. The van der Waals surface area contributed by atoms with Crippen molar-refractivity contribution in [1.29, 1.82) is 0 Å². The SMILES string of the molecule is COCC(=O)NCCOCCOCCOCCOCCOCCOCCOCCOCCOCCOCCNC(=O)CCCCCCCNC(=O)CC[C@H](NC(=O)N[C@@H](CCC(=O)O)C(=O)O)C(=O)O. The second-order valence-electron chi connectivity index (χ2n) is 15.0. The predicted octanol–water partition coefficient (Wildman–Crippen LogP) is -0.661. The van der Waals surface area contributed by atoms with E-state index in [4.69, 9.17) is 62.3 Å². The van der Waals surface area contributed by atoms with E-state index in [1.165, 1.54) is 7.11 Å². The molecule has 0 unspecified atom stereocenters. The van der Waals surface area contributed by atoms with Crippen molar-refractivity contribution in [3.63, 3.8) is 0 Å². The van der Waals surface area contributed by atoms with E-state index in [9.17, 15) is 38.7 Å². The van der Waals surface area contributed by atoms with Crippen LogP contribution in [0, 0.1) is 0 Å². The first-order valence-electron chi connectivity index (χ1n) is 23.8. The van der Waals surface area contributed by atoms with E-state index in [2.05, 4.69) is 21.3 Å². The Balaban J connectivity index is 3.43. The number of hydrogen-bond donors (Lipinski definition) is 8. The molecular weight excluding hydrogens is 934 g/mol. The van der Waals surface area contributed by atoms with Gasteiger partial charge in [0.25, 0.3) is 0 Å². The normalized spacial score (nSPS) is 12.0. The van der Waals surface area contributed by atoms with Crippen molar-refractivity contribution in [2.45, 2.75) is 76.3 Å². The zero-order valence-electron chi connectivity index (χ0n) is 40.9. The number of unbranched alkanes of at least 4 members (excludes halogenated alkanes) is 4. The van der Waals surface area contributed by atoms with Crippen molar-refractivity contribution >= 4 is 41.7 Å². The summed E-state index contributed by atoms with van der Waals surface area (Å²) in [6.45, 7) is 9.96. The number of rotatable bonds is 53. The van der Waals surface area contributed by atoms with Crippen LogP contribution in [0.15, 0.2) is 0 Å². The number of carboxylic acids is 3. The van der Waals surface area contributed by atoms with Gasteiger partial charge in [-0.25, -0.2) is 14.4 Å². The summed E-state index contributed by atoms with van der Waals surface area (Å²) in [6, 6.07) is -4.09. The van der Waals surface area contributed by atoms with Gasteiger partial charge in [-0.15, -0.1) is 0 Å². The van der Waals surface area contributed by atoms with Gasteiger partial charge in [-0.3, -0.25) is 19.2 Å². The summed E-state index contributed by atoms with van der Waals surface area (Å²) < 4.78 is 59.3. The predicted molar refractivity (Wildman–Crippen MR) is 247 cm³/mol. The lowest BCUT2D eigenvalue weighted by molar-refractivity contribution is -0.141. The molecule has 70 heavy (non-hydrogen) atoms. The van der Waals surface area contributed by atoms with E-state index >= 15 is 0 Å². The molecule has 8 N–H and O–H groups in total. The van der Waals surface area contributed by atoms with Crippen LogP contribution in [0.25, 0.3) is 0 Å². The zero-order valence-corrected chi connectivity index (χ0v) is 40.9. The van der Waals surface area contributed by atoms with Gasteiger partial charge in [-0.2, -0.15) is 0 Å². The summed E-state index contributed by atoms with van der Waals surface area (Å²) in [7, 11) is 1.46. The number of nitrogens with one attached hydrogen (secondary N) is 5. The second-order valence-corrected chi connectivity index (χ2v) is 15.0. The first-order valence-corrected chi connectivity index (χ1v) is 23.8. The molecule has 0 aromatic rings. The smallest absolute Gasteiger partial charge is 0.326 e. The molecule has 0 saturated carbocycles. The molecule has 0 radical (unpaired) electrons. The zero-order chi connectivity index (χ0) is 51.6. The average Bonchev–Trinajstić information content (AvgIpc) is 3.32. The maximum absolute atomic E-state index is 12.2. The van der Waals surface area contributed by atoms with Crippen LogP contribution in [0.3, 0.4) is 0 Å². The van der Waals surface area contributed by atoms with Crippen LogP contribution >= 0.6 is 0 Å². The molecule has 0 aliphatic carbocycles. The highest BCUT2D eigenvalue weighted by atomic mass is 16.6. The van der Waals surface area contributed by atoms with Crippen LogP contribution in [-0.2, 0) is 80.9 Å². The third-order valence-corrected chi connectivity index (χ3v) is 9.18. The van der Waals surface area contributed by atoms with Crippen molar-refractivity contribution < 1.29 is 101 Å². The van der Waals surface area contributed by atoms with Gasteiger partial charge in [0.2, 0.25) is 17.7 Å². The van der Waals surface area contributed by atoms with Gasteiger partial charge in [0.1, 0.15) is 18.7 Å². The Morgan fingerprint density at radius 1 is 0.371 bits per heavy atom. The lowest BCUT2D eigenvalue weighted by Crippen LogP contribution is -2.51. The fraction of sp³-hybridized carbons (Fsp3) is 0.841. The minimum absolute atomic E-state index is 0.0356. The molecule has 0 aromatic carbocycles. The Morgan fingerprint density at radius 2 is 0.686 bits per heavy atom. The van der Waals surface area contributed by atoms with E-state index in [1.807, 2.05) is 5.32 Å². The lowest BCUT2D eigenvalue weighted by Gasteiger charge is -2.18. The molecule has 0 heterocycles. The Labute approximate surface area is 410 Å². The molecule has 0 aromatic heterocycles. The van der Waals surface area contributed by atoms with Gasteiger partial charge in [0, 0.05) is 46.0 Å². The molecular formula is C44H81N5O21. The minimum Gasteiger partial charge on any atom is -0.481 e. The summed E-state index contributed by atoms with van der Waals surface area (Å²) in [5.41, 5.74) is 0. The molecule has 5 amide bonds. The van der Waals surface area contributed by atoms with Crippen LogP contribution < -0.4 is 26.6 Å². The summed E-state index contributed by atoms with van der Waals surface area (Å²) in [6.07, 6.45) is 2.97. The summed E-state index contributed by atoms with van der Waals surface area (Å²) in [5.74, 6) is -4.79. The van der Waals surface area contributed by atoms with Crippen molar-refractivity contribution in [2.24, 2.45) is 0 Å². The van der Waals surface area contributed by atoms with E-state index in [1.54, 1.807) is 0 Å². The maximum atomic E-state index is 12.2. The summed E-state index contributed by atoms with van der Waals surface area (Å²) >= 11 is 0. The summed E-state index contributed by atoms with van der Waals surface area (Å²) in [4.78, 5) is 81.0. The van der Waals surface area contributed by atoms with E-state index < -0.39 is 48.4 Å². The van der Waals surface area contributed by atoms with Crippen LogP contribution in [0.2, 0.25) is 0 Å². The Morgan fingerprint density at radius 3 is 1.06 bits per heavy atom.